The average Bonchev–Trinajstić information content (AvgIpc) is 3.01. The number of carbonyl (C=O) groups excluding carboxylic acids is 1. The zero-order valence-corrected chi connectivity index (χ0v) is 16.3. The lowest BCUT2D eigenvalue weighted by molar-refractivity contribution is 0.0960. The van der Waals surface area contributed by atoms with Gasteiger partial charge in [0.1, 0.15) is 16.2 Å². The van der Waals surface area contributed by atoms with Crippen molar-refractivity contribution in [2.75, 3.05) is 19.0 Å². The number of fused-ring (bicyclic) bond motifs is 1. The molecule has 2 heterocycles. The number of aromatic nitrogens is 3. The largest absolute Gasteiger partial charge is 0.385 e. The number of Topliss-reactive ketones (excluding diaryl/α,β-unsaturated/α-hetero) is 1. The predicted molar refractivity (Wildman–Crippen MR) is 104 cm³/mol. The van der Waals surface area contributed by atoms with Gasteiger partial charge in [-0.2, -0.15) is 4.98 Å². The Labute approximate surface area is 160 Å². The summed E-state index contributed by atoms with van der Waals surface area (Å²) in [7, 11) is 1.61. The van der Waals surface area contributed by atoms with Crippen molar-refractivity contribution in [3.05, 3.63) is 46.3 Å². The standard InChI is InChI=1S/C19H21FN4O2S/c1-11(13-6-4-7-14(20)10-13)21-19-23-16(15(25)8-5-9-26-3)17-18(24-19)22-12(2)27-17/h4,6-7,10-11H,5,8-9H2,1-3H3,(H,21,23,24)/t11-/m0/s1. The number of benzene rings is 1. The quantitative estimate of drug-likeness (QED) is 0.458. The second-order valence-electron chi connectivity index (χ2n) is 6.22. The summed E-state index contributed by atoms with van der Waals surface area (Å²) in [6, 6.07) is 6.10. The molecule has 0 bridgehead atoms. The Bertz CT molecular complexity index is 960. The number of methoxy groups -OCH3 is 1. The van der Waals surface area contributed by atoms with E-state index < -0.39 is 0 Å². The van der Waals surface area contributed by atoms with Crippen LogP contribution in [0.2, 0.25) is 0 Å². The van der Waals surface area contributed by atoms with Crippen LogP contribution in [-0.4, -0.2) is 34.5 Å². The van der Waals surface area contributed by atoms with Gasteiger partial charge in [0.05, 0.1) is 11.0 Å². The van der Waals surface area contributed by atoms with Crippen LogP contribution in [0.4, 0.5) is 10.3 Å². The molecule has 0 spiro atoms. The first-order valence-electron chi connectivity index (χ1n) is 8.67. The number of hydrogen-bond acceptors (Lipinski definition) is 7. The van der Waals surface area contributed by atoms with E-state index in [1.165, 1.54) is 23.5 Å². The molecule has 142 valence electrons. The van der Waals surface area contributed by atoms with Crippen molar-refractivity contribution in [3.8, 4) is 0 Å². The normalized spacial score (nSPS) is 12.3. The van der Waals surface area contributed by atoms with Crippen LogP contribution in [-0.2, 0) is 4.74 Å². The number of carbonyl (C=O) groups is 1. The highest BCUT2D eigenvalue weighted by Crippen LogP contribution is 2.27. The van der Waals surface area contributed by atoms with E-state index in [-0.39, 0.29) is 17.6 Å². The lowest BCUT2D eigenvalue weighted by Crippen LogP contribution is -2.13. The van der Waals surface area contributed by atoms with Crippen LogP contribution >= 0.6 is 11.3 Å². The molecule has 0 unspecified atom stereocenters. The monoisotopic (exact) mass is 388 g/mol. The highest BCUT2D eigenvalue weighted by Gasteiger charge is 2.19. The molecular weight excluding hydrogens is 367 g/mol. The summed E-state index contributed by atoms with van der Waals surface area (Å²) in [5.41, 5.74) is 1.63. The van der Waals surface area contributed by atoms with E-state index in [9.17, 15) is 9.18 Å². The molecule has 3 rings (SSSR count). The van der Waals surface area contributed by atoms with Crippen LogP contribution in [0.5, 0.6) is 0 Å². The third kappa shape index (κ3) is 4.64. The zero-order valence-electron chi connectivity index (χ0n) is 15.5. The highest BCUT2D eigenvalue weighted by atomic mass is 32.1. The summed E-state index contributed by atoms with van der Waals surface area (Å²) in [5, 5.41) is 3.97. The van der Waals surface area contributed by atoms with Gasteiger partial charge >= 0.3 is 0 Å². The minimum atomic E-state index is -0.304. The molecule has 0 aliphatic heterocycles. The first kappa shape index (κ1) is 19.3. The summed E-state index contributed by atoms with van der Waals surface area (Å²) in [6.07, 6.45) is 0.969. The fourth-order valence-corrected chi connectivity index (χ4v) is 3.60. The van der Waals surface area contributed by atoms with E-state index in [2.05, 4.69) is 20.3 Å². The fraction of sp³-hybridized carbons (Fsp3) is 0.368. The predicted octanol–water partition coefficient (Wildman–Crippen LogP) is 4.32. The van der Waals surface area contributed by atoms with Gasteiger partial charge in [0.2, 0.25) is 5.95 Å². The number of halogens is 1. The van der Waals surface area contributed by atoms with Crippen molar-refractivity contribution in [1.82, 2.24) is 15.0 Å². The van der Waals surface area contributed by atoms with E-state index in [0.717, 1.165) is 10.6 Å². The minimum absolute atomic E-state index is 0.0652. The summed E-state index contributed by atoms with van der Waals surface area (Å²) >= 11 is 1.41. The van der Waals surface area contributed by atoms with Crippen LogP contribution in [0, 0.1) is 12.7 Å². The van der Waals surface area contributed by atoms with Gasteiger partial charge in [0.15, 0.2) is 11.4 Å². The van der Waals surface area contributed by atoms with Crippen molar-refractivity contribution in [3.63, 3.8) is 0 Å². The maximum absolute atomic E-state index is 13.5. The highest BCUT2D eigenvalue weighted by molar-refractivity contribution is 7.18. The lowest BCUT2D eigenvalue weighted by atomic mass is 10.1. The smallest absolute Gasteiger partial charge is 0.225 e. The molecule has 0 fully saturated rings. The molecule has 1 aromatic carbocycles. The number of nitrogens with one attached hydrogen (secondary N) is 1. The van der Waals surface area contributed by atoms with E-state index in [1.807, 2.05) is 19.9 Å². The number of aryl methyl sites for hydroxylation is 1. The Hall–Kier alpha value is -2.45. The number of ether oxygens (including phenoxy) is 1. The van der Waals surface area contributed by atoms with Crippen LogP contribution in [0.1, 0.15) is 46.9 Å². The van der Waals surface area contributed by atoms with Crippen LogP contribution in [0.3, 0.4) is 0 Å². The molecule has 0 saturated heterocycles. The number of anilines is 1. The lowest BCUT2D eigenvalue weighted by Gasteiger charge is -2.15. The van der Waals surface area contributed by atoms with Crippen molar-refractivity contribution in [2.24, 2.45) is 0 Å². The second kappa shape index (κ2) is 8.49. The summed E-state index contributed by atoms with van der Waals surface area (Å²) < 4.78 is 19.2. The van der Waals surface area contributed by atoms with Gasteiger partial charge in [-0.05, 0) is 38.0 Å². The molecule has 6 nitrogen and oxygen atoms in total. The van der Waals surface area contributed by atoms with Gasteiger partial charge in [0, 0.05) is 20.1 Å². The molecule has 1 atom stereocenters. The number of nitrogens with zero attached hydrogens (tertiary/aromatic N) is 3. The maximum Gasteiger partial charge on any atom is 0.225 e. The molecule has 3 aromatic rings. The average molecular weight is 388 g/mol. The second-order valence-corrected chi connectivity index (χ2v) is 7.43. The first-order chi connectivity index (χ1) is 13.0. The van der Waals surface area contributed by atoms with Gasteiger partial charge in [-0.1, -0.05) is 12.1 Å². The number of thiazole rings is 1. The van der Waals surface area contributed by atoms with Gasteiger partial charge in [-0.3, -0.25) is 4.79 Å². The topological polar surface area (TPSA) is 77.0 Å². The summed E-state index contributed by atoms with van der Waals surface area (Å²) in [6.45, 7) is 4.27. The van der Waals surface area contributed by atoms with Crippen molar-refractivity contribution < 1.29 is 13.9 Å². The van der Waals surface area contributed by atoms with Crippen LogP contribution in [0.15, 0.2) is 24.3 Å². The van der Waals surface area contributed by atoms with Gasteiger partial charge in [-0.15, -0.1) is 11.3 Å². The van der Waals surface area contributed by atoms with E-state index in [4.69, 9.17) is 4.74 Å². The Morgan fingerprint density at radius 2 is 2.15 bits per heavy atom. The molecule has 27 heavy (non-hydrogen) atoms. The molecule has 2 aromatic heterocycles. The van der Waals surface area contributed by atoms with Gasteiger partial charge in [0.25, 0.3) is 0 Å². The van der Waals surface area contributed by atoms with Gasteiger partial charge in [-0.25, -0.2) is 14.4 Å². The van der Waals surface area contributed by atoms with Crippen molar-refractivity contribution >= 4 is 33.4 Å². The van der Waals surface area contributed by atoms with E-state index in [0.29, 0.717) is 41.4 Å². The molecule has 0 aliphatic rings. The first-order valence-corrected chi connectivity index (χ1v) is 9.49. The SMILES string of the molecule is COCCCC(=O)c1nc(N[C@@H](C)c2cccc(F)c2)nc2nc(C)sc12. The Kier molecular flexibility index (Phi) is 6.08. The molecule has 0 saturated carbocycles. The molecule has 1 N–H and O–H groups in total. The van der Waals surface area contributed by atoms with Crippen LogP contribution in [0.25, 0.3) is 10.3 Å². The number of ketones is 1. The molecular formula is C19H21FN4O2S. The molecule has 0 amide bonds. The molecule has 0 aliphatic carbocycles. The number of hydrogen-bond donors (Lipinski definition) is 1. The van der Waals surface area contributed by atoms with Crippen LogP contribution < -0.4 is 5.32 Å². The number of rotatable bonds is 8. The maximum atomic E-state index is 13.5. The van der Waals surface area contributed by atoms with Crippen molar-refractivity contribution in [2.45, 2.75) is 32.7 Å². The van der Waals surface area contributed by atoms with E-state index in [1.54, 1.807) is 13.2 Å². The van der Waals surface area contributed by atoms with Crippen molar-refractivity contribution in [1.29, 1.82) is 0 Å². The third-order valence-electron chi connectivity index (χ3n) is 4.07. The molecule has 8 heteroatoms. The Balaban J connectivity index is 1.90. The molecule has 0 radical (unpaired) electrons. The summed E-state index contributed by atoms with van der Waals surface area (Å²) in [4.78, 5) is 25.9. The Morgan fingerprint density at radius 1 is 1.33 bits per heavy atom. The Morgan fingerprint density at radius 3 is 2.89 bits per heavy atom. The van der Waals surface area contributed by atoms with Gasteiger partial charge < -0.3 is 10.1 Å². The third-order valence-corrected chi connectivity index (χ3v) is 5.04. The zero-order chi connectivity index (χ0) is 19.4. The fourth-order valence-electron chi connectivity index (χ4n) is 2.73. The van der Waals surface area contributed by atoms with E-state index >= 15 is 0 Å². The summed E-state index contributed by atoms with van der Waals surface area (Å²) in [5.74, 6) is -0.0640. The minimum Gasteiger partial charge on any atom is -0.385 e.